The summed E-state index contributed by atoms with van der Waals surface area (Å²) in [6.07, 6.45) is 17.1. The molecule has 1 heterocycles. The molecule has 1 saturated carbocycles. The Hall–Kier alpha value is -0.990. The summed E-state index contributed by atoms with van der Waals surface area (Å²) in [6, 6.07) is 0.642. The highest BCUT2D eigenvalue weighted by atomic mass is 15.2. The molecule has 1 aromatic rings. The third kappa shape index (κ3) is 5.72. The van der Waals surface area contributed by atoms with E-state index in [-0.39, 0.29) is 0 Å². The van der Waals surface area contributed by atoms with E-state index in [9.17, 15) is 0 Å². The molecule has 0 aromatic carbocycles. The molecule has 0 amide bonds. The van der Waals surface area contributed by atoms with Crippen molar-refractivity contribution >= 4 is 5.95 Å². The lowest BCUT2D eigenvalue weighted by Crippen LogP contribution is -2.24. The minimum absolute atomic E-state index is 0.642. The highest BCUT2D eigenvalue weighted by Gasteiger charge is 2.15. The van der Waals surface area contributed by atoms with Crippen molar-refractivity contribution in [2.75, 3.05) is 5.32 Å². The Morgan fingerprint density at radius 2 is 1.81 bits per heavy atom. The van der Waals surface area contributed by atoms with Crippen molar-refractivity contribution in [1.82, 2.24) is 9.55 Å². The molecule has 21 heavy (non-hydrogen) atoms. The highest BCUT2D eigenvalue weighted by molar-refractivity contribution is 5.30. The van der Waals surface area contributed by atoms with Gasteiger partial charge in [0.15, 0.2) is 0 Å². The number of nitrogens with one attached hydrogen (secondary N) is 1. The molecule has 1 aliphatic rings. The highest BCUT2D eigenvalue weighted by Crippen LogP contribution is 2.22. The van der Waals surface area contributed by atoms with Crippen LogP contribution in [-0.2, 0) is 6.54 Å². The Labute approximate surface area is 130 Å². The second-order valence-electron chi connectivity index (χ2n) is 6.65. The Balaban J connectivity index is 1.76. The van der Waals surface area contributed by atoms with E-state index in [2.05, 4.69) is 34.9 Å². The normalized spacial score (nSPS) is 16.3. The molecule has 1 fully saturated rings. The number of hydrogen-bond donors (Lipinski definition) is 1. The molecule has 3 nitrogen and oxygen atoms in total. The molecular weight excluding hydrogens is 258 g/mol. The first-order chi connectivity index (χ1) is 10.3. The van der Waals surface area contributed by atoms with Gasteiger partial charge in [0.1, 0.15) is 0 Å². The number of rotatable bonds is 9. The van der Waals surface area contributed by atoms with Crippen LogP contribution in [0, 0.1) is 6.92 Å². The number of aryl methyl sites for hydroxylation is 2. The topological polar surface area (TPSA) is 29.9 Å². The largest absolute Gasteiger partial charge is 0.353 e. The molecule has 0 unspecified atom stereocenters. The zero-order valence-electron chi connectivity index (χ0n) is 14.0. The van der Waals surface area contributed by atoms with Gasteiger partial charge in [-0.1, -0.05) is 58.3 Å². The minimum atomic E-state index is 0.642. The van der Waals surface area contributed by atoms with E-state index in [0.29, 0.717) is 6.04 Å². The van der Waals surface area contributed by atoms with Gasteiger partial charge in [-0.2, -0.15) is 0 Å². The van der Waals surface area contributed by atoms with E-state index in [1.807, 2.05) is 0 Å². The van der Waals surface area contributed by atoms with Gasteiger partial charge in [0.05, 0.1) is 5.69 Å². The molecule has 0 radical (unpaired) electrons. The molecule has 1 N–H and O–H groups in total. The van der Waals surface area contributed by atoms with E-state index >= 15 is 0 Å². The van der Waals surface area contributed by atoms with Crippen LogP contribution in [0.1, 0.15) is 83.2 Å². The first kappa shape index (κ1) is 16.4. The Bertz CT molecular complexity index is 391. The zero-order valence-corrected chi connectivity index (χ0v) is 14.0. The van der Waals surface area contributed by atoms with E-state index < -0.39 is 0 Å². The number of aromatic nitrogens is 2. The van der Waals surface area contributed by atoms with Gasteiger partial charge in [-0.15, -0.1) is 0 Å². The summed E-state index contributed by atoms with van der Waals surface area (Å²) in [7, 11) is 0. The van der Waals surface area contributed by atoms with Gasteiger partial charge in [-0.3, -0.25) is 0 Å². The van der Waals surface area contributed by atoms with Crippen molar-refractivity contribution in [3.05, 3.63) is 11.9 Å². The Morgan fingerprint density at radius 3 is 2.57 bits per heavy atom. The lowest BCUT2D eigenvalue weighted by atomic mass is 9.96. The summed E-state index contributed by atoms with van der Waals surface area (Å²) in [6.45, 7) is 5.49. The van der Waals surface area contributed by atoms with Crippen LogP contribution in [0.5, 0.6) is 0 Å². The molecular formula is C18H33N3. The smallest absolute Gasteiger partial charge is 0.203 e. The summed E-state index contributed by atoms with van der Waals surface area (Å²) in [5.74, 6) is 1.10. The third-order valence-corrected chi connectivity index (χ3v) is 4.59. The summed E-state index contributed by atoms with van der Waals surface area (Å²) in [4.78, 5) is 4.68. The number of imidazole rings is 1. The van der Waals surface area contributed by atoms with Gasteiger partial charge in [0, 0.05) is 18.8 Å². The number of unbranched alkanes of at least 4 members (excludes halogenated alkanes) is 5. The maximum atomic E-state index is 4.68. The van der Waals surface area contributed by atoms with Crippen LogP contribution in [0.3, 0.4) is 0 Å². The van der Waals surface area contributed by atoms with Crippen LogP contribution in [0.4, 0.5) is 5.95 Å². The molecule has 0 spiro atoms. The average Bonchev–Trinajstić information content (AvgIpc) is 2.83. The van der Waals surface area contributed by atoms with Gasteiger partial charge < -0.3 is 9.88 Å². The summed E-state index contributed by atoms with van der Waals surface area (Å²) >= 11 is 0. The Kier molecular flexibility index (Phi) is 7.11. The van der Waals surface area contributed by atoms with E-state index in [4.69, 9.17) is 0 Å². The molecule has 0 bridgehead atoms. The molecule has 1 aromatic heterocycles. The average molecular weight is 291 g/mol. The predicted molar refractivity (Wildman–Crippen MR) is 90.8 cm³/mol. The van der Waals surface area contributed by atoms with Crippen LogP contribution < -0.4 is 5.32 Å². The predicted octanol–water partition coefficient (Wildman–Crippen LogP) is 5.30. The minimum Gasteiger partial charge on any atom is -0.353 e. The second-order valence-corrected chi connectivity index (χ2v) is 6.65. The van der Waals surface area contributed by atoms with Crippen molar-refractivity contribution in [3.63, 3.8) is 0 Å². The first-order valence-corrected chi connectivity index (χ1v) is 9.10. The zero-order chi connectivity index (χ0) is 14.9. The fourth-order valence-electron chi connectivity index (χ4n) is 3.32. The van der Waals surface area contributed by atoms with Gasteiger partial charge >= 0.3 is 0 Å². The van der Waals surface area contributed by atoms with Gasteiger partial charge in [-0.05, 0) is 26.2 Å². The van der Waals surface area contributed by atoms with Crippen LogP contribution in [0.2, 0.25) is 0 Å². The SMILES string of the molecule is CCCCCCCCn1cc(C)nc1NC1CCCCC1. The summed E-state index contributed by atoms with van der Waals surface area (Å²) < 4.78 is 2.34. The van der Waals surface area contributed by atoms with Crippen molar-refractivity contribution < 1.29 is 0 Å². The maximum Gasteiger partial charge on any atom is 0.203 e. The van der Waals surface area contributed by atoms with E-state index in [1.165, 1.54) is 70.6 Å². The molecule has 120 valence electrons. The van der Waals surface area contributed by atoms with E-state index in [1.54, 1.807) is 0 Å². The molecule has 0 saturated heterocycles. The summed E-state index contributed by atoms with van der Waals surface area (Å²) in [5, 5.41) is 3.68. The monoisotopic (exact) mass is 291 g/mol. The third-order valence-electron chi connectivity index (χ3n) is 4.59. The molecule has 1 aliphatic carbocycles. The first-order valence-electron chi connectivity index (χ1n) is 9.10. The molecule has 2 rings (SSSR count). The van der Waals surface area contributed by atoms with Crippen molar-refractivity contribution in [1.29, 1.82) is 0 Å². The maximum absolute atomic E-state index is 4.68. The lowest BCUT2D eigenvalue weighted by molar-refractivity contribution is 0.458. The fraction of sp³-hybridized carbons (Fsp3) is 0.833. The van der Waals surface area contributed by atoms with Crippen LogP contribution >= 0.6 is 0 Å². The quantitative estimate of drug-likeness (QED) is 0.626. The second kappa shape index (κ2) is 9.11. The fourth-order valence-corrected chi connectivity index (χ4v) is 3.32. The van der Waals surface area contributed by atoms with Gasteiger partial charge in [-0.25, -0.2) is 4.98 Å². The number of hydrogen-bond acceptors (Lipinski definition) is 2. The van der Waals surface area contributed by atoms with E-state index in [0.717, 1.165) is 18.2 Å². The summed E-state index contributed by atoms with van der Waals surface area (Å²) in [5.41, 5.74) is 1.14. The van der Waals surface area contributed by atoms with Crippen molar-refractivity contribution in [2.45, 2.75) is 97.1 Å². The standard InChI is InChI=1S/C18H33N3/c1-3-4-5-6-7-11-14-21-15-16(2)19-18(21)20-17-12-9-8-10-13-17/h15,17H,3-14H2,1-2H3,(H,19,20). The van der Waals surface area contributed by atoms with Gasteiger partial charge in [0.2, 0.25) is 5.95 Å². The molecule has 3 heteroatoms. The Morgan fingerprint density at radius 1 is 1.10 bits per heavy atom. The van der Waals surface area contributed by atoms with Gasteiger partial charge in [0.25, 0.3) is 0 Å². The lowest BCUT2D eigenvalue weighted by Gasteiger charge is -2.23. The number of anilines is 1. The van der Waals surface area contributed by atoms with Crippen LogP contribution in [-0.4, -0.2) is 15.6 Å². The van der Waals surface area contributed by atoms with Crippen molar-refractivity contribution in [2.24, 2.45) is 0 Å². The molecule has 0 aliphatic heterocycles. The van der Waals surface area contributed by atoms with Crippen LogP contribution in [0.25, 0.3) is 0 Å². The van der Waals surface area contributed by atoms with Crippen LogP contribution in [0.15, 0.2) is 6.20 Å². The van der Waals surface area contributed by atoms with Crippen molar-refractivity contribution in [3.8, 4) is 0 Å². The molecule has 0 atom stereocenters. The number of nitrogens with zero attached hydrogens (tertiary/aromatic N) is 2.